The third-order valence-corrected chi connectivity index (χ3v) is 4.17. The third kappa shape index (κ3) is 8.87. The topological polar surface area (TPSA) is 54.9 Å². The van der Waals surface area contributed by atoms with Crippen LogP contribution in [-0.4, -0.2) is 52.5 Å². The Morgan fingerprint density at radius 3 is 2.68 bits per heavy atom. The molecule has 0 amide bonds. The molecule has 0 spiro atoms. The fourth-order valence-electron chi connectivity index (χ4n) is 2.73. The van der Waals surface area contributed by atoms with Crippen molar-refractivity contribution < 1.29 is 9.47 Å². The van der Waals surface area contributed by atoms with Crippen LogP contribution >= 0.6 is 24.0 Å². The lowest BCUT2D eigenvalue weighted by atomic mass is 10.1. The van der Waals surface area contributed by atoms with Crippen molar-refractivity contribution in [1.82, 2.24) is 10.6 Å². The first kappa shape index (κ1) is 22.2. The van der Waals surface area contributed by atoms with E-state index in [4.69, 9.17) is 14.5 Å². The molecule has 2 atom stereocenters. The number of nitrogens with zero attached hydrogens (tertiary/aromatic N) is 1. The number of halogens is 1. The van der Waals surface area contributed by atoms with Crippen molar-refractivity contribution in [3.63, 3.8) is 0 Å². The van der Waals surface area contributed by atoms with Gasteiger partial charge in [-0.25, -0.2) is 0 Å². The van der Waals surface area contributed by atoms with E-state index in [2.05, 4.69) is 47.9 Å². The Morgan fingerprint density at radius 1 is 1.16 bits per heavy atom. The summed E-state index contributed by atoms with van der Waals surface area (Å²) in [5.41, 5.74) is 1.45. The van der Waals surface area contributed by atoms with Crippen LogP contribution < -0.4 is 10.6 Å². The molecule has 0 heterocycles. The van der Waals surface area contributed by atoms with Gasteiger partial charge in [-0.3, -0.25) is 4.99 Å². The first-order chi connectivity index (χ1) is 11.8. The smallest absolute Gasteiger partial charge is 0.191 e. The molecule has 0 aliphatic heterocycles. The number of hydrogen-bond donors (Lipinski definition) is 2. The maximum absolute atomic E-state index is 5.46. The highest BCUT2D eigenvalue weighted by Crippen LogP contribution is 2.47. The van der Waals surface area contributed by atoms with Crippen LogP contribution in [0.3, 0.4) is 0 Å². The number of nitrogens with one attached hydrogen (secondary N) is 2. The zero-order chi connectivity index (χ0) is 17.0. The van der Waals surface area contributed by atoms with Gasteiger partial charge in [0.05, 0.1) is 13.2 Å². The molecule has 0 radical (unpaired) electrons. The zero-order valence-corrected chi connectivity index (χ0v) is 17.7. The van der Waals surface area contributed by atoms with Gasteiger partial charge in [0.15, 0.2) is 5.96 Å². The highest BCUT2D eigenvalue weighted by atomic mass is 127. The fraction of sp³-hybridized carbons (Fsp3) is 0.632. The second kappa shape index (κ2) is 13.4. The Bertz CT molecular complexity index is 485. The molecule has 2 unspecified atom stereocenters. The number of hydrogen-bond acceptors (Lipinski definition) is 3. The van der Waals surface area contributed by atoms with Gasteiger partial charge in [-0.15, -0.1) is 24.0 Å². The van der Waals surface area contributed by atoms with Crippen LogP contribution in [0.2, 0.25) is 0 Å². The first-order valence-corrected chi connectivity index (χ1v) is 8.99. The van der Waals surface area contributed by atoms with Gasteiger partial charge in [-0.1, -0.05) is 30.3 Å². The number of ether oxygens (including phenoxy) is 2. The van der Waals surface area contributed by atoms with Crippen molar-refractivity contribution in [3.8, 4) is 0 Å². The van der Waals surface area contributed by atoms with E-state index in [-0.39, 0.29) is 24.0 Å². The van der Waals surface area contributed by atoms with Crippen molar-refractivity contribution in [2.75, 3.05) is 46.6 Å². The number of methoxy groups -OCH3 is 1. The van der Waals surface area contributed by atoms with Gasteiger partial charge >= 0.3 is 0 Å². The zero-order valence-electron chi connectivity index (χ0n) is 15.4. The van der Waals surface area contributed by atoms with Crippen molar-refractivity contribution in [1.29, 1.82) is 0 Å². The van der Waals surface area contributed by atoms with Crippen LogP contribution in [0.5, 0.6) is 0 Å². The van der Waals surface area contributed by atoms with Gasteiger partial charge in [-0.05, 0) is 37.2 Å². The molecule has 1 aliphatic rings. The fourth-order valence-corrected chi connectivity index (χ4v) is 2.73. The number of aliphatic imine (C=N–C) groups is 1. The Hall–Kier alpha value is -0.860. The SMILES string of the molecule is CCNC(=NCC1CC1c1ccccc1)NCCCOCCOC.I. The normalized spacial score (nSPS) is 19.2. The maximum atomic E-state index is 5.46. The van der Waals surface area contributed by atoms with E-state index in [1.807, 2.05) is 0 Å². The van der Waals surface area contributed by atoms with Crippen LogP contribution in [0.25, 0.3) is 0 Å². The molecule has 5 nitrogen and oxygen atoms in total. The van der Waals surface area contributed by atoms with Crippen molar-refractivity contribution >= 4 is 29.9 Å². The van der Waals surface area contributed by atoms with E-state index in [9.17, 15) is 0 Å². The molecule has 1 aromatic carbocycles. The van der Waals surface area contributed by atoms with E-state index in [0.717, 1.165) is 38.6 Å². The summed E-state index contributed by atoms with van der Waals surface area (Å²) in [6, 6.07) is 10.8. The van der Waals surface area contributed by atoms with Crippen LogP contribution in [-0.2, 0) is 9.47 Å². The maximum Gasteiger partial charge on any atom is 0.191 e. The third-order valence-electron chi connectivity index (χ3n) is 4.17. The Kier molecular flexibility index (Phi) is 11.9. The summed E-state index contributed by atoms with van der Waals surface area (Å²) in [6.07, 6.45) is 2.21. The first-order valence-electron chi connectivity index (χ1n) is 8.99. The van der Waals surface area contributed by atoms with Crippen molar-refractivity contribution in [3.05, 3.63) is 35.9 Å². The van der Waals surface area contributed by atoms with Gasteiger partial charge in [0.2, 0.25) is 0 Å². The second-order valence-electron chi connectivity index (χ2n) is 6.12. The van der Waals surface area contributed by atoms with E-state index in [1.165, 1.54) is 12.0 Å². The van der Waals surface area contributed by atoms with E-state index < -0.39 is 0 Å². The molecule has 142 valence electrons. The number of guanidine groups is 1. The summed E-state index contributed by atoms with van der Waals surface area (Å²) in [4.78, 5) is 4.73. The summed E-state index contributed by atoms with van der Waals surface area (Å²) >= 11 is 0. The van der Waals surface area contributed by atoms with Crippen molar-refractivity contribution in [2.24, 2.45) is 10.9 Å². The van der Waals surface area contributed by atoms with Gasteiger partial charge < -0.3 is 20.1 Å². The Morgan fingerprint density at radius 2 is 1.96 bits per heavy atom. The summed E-state index contributed by atoms with van der Waals surface area (Å²) < 4.78 is 10.4. The highest BCUT2D eigenvalue weighted by Gasteiger charge is 2.37. The van der Waals surface area contributed by atoms with Crippen LogP contribution in [0.4, 0.5) is 0 Å². The average molecular weight is 461 g/mol. The molecule has 0 bridgehead atoms. The summed E-state index contributed by atoms with van der Waals surface area (Å²) in [6.45, 7) is 6.78. The highest BCUT2D eigenvalue weighted by molar-refractivity contribution is 14.0. The summed E-state index contributed by atoms with van der Waals surface area (Å²) in [5.74, 6) is 2.28. The summed E-state index contributed by atoms with van der Waals surface area (Å²) in [5, 5.41) is 6.69. The second-order valence-corrected chi connectivity index (χ2v) is 6.12. The lowest BCUT2D eigenvalue weighted by Crippen LogP contribution is -2.38. The molecule has 0 saturated heterocycles. The molecule has 0 aromatic heterocycles. The largest absolute Gasteiger partial charge is 0.382 e. The molecular weight excluding hydrogens is 429 g/mol. The molecule has 1 aliphatic carbocycles. The minimum atomic E-state index is 0. The average Bonchev–Trinajstić information content (AvgIpc) is 3.39. The molecule has 2 rings (SSSR count). The van der Waals surface area contributed by atoms with Crippen molar-refractivity contribution in [2.45, 2.75) is 25.7 Å². The Labute approximate surface area is 169 Å². The van der Waals surface area contributed by atoms with Crippen LogP contribution in [0.15, 0.2) is 35.3 Å². The van der Waals surface area contributed by atoms with Gasteiger partial charge in [-0.2, -0.15) is 0 Å². The van der Waals surface area contributed by atoms with E-state index in [1.54, 1.807) is 7.11 Å². The van der Waals surface area contributed by atoms with Gasteiger partial charge in [0.25, 0.3) is 0 Å². The Balaban J connectivity index is 0.00000312. The predicted molar refractivity (Wildman–Crippen MR) is 114 cm³/mol. The number of rotatable bonds is 11. The molecule has 25 heavy (non-hydrogen) atoms. The van der Waals surface area contributed by atoms with Gasteiger partial charge in [0, 0.05) is 33.4 Å². The predicted octanol–water partition coefficient (Wildman–Crippen LogP) is 3.02. The monoisotopic (exact) mass is 461 g/mol. The molecule has 2 N–H and O–H groups in total. The van der Waals surface area contributed by atoms with E-state index >= 15 is 0 Å². The minimum absolute atomic E-state index is 0. The minimum Gasteiger partial charge on any atom is -0.382 e. The van der Waals surface area contributed by atoms with E-state index in [0.29, 0.717) is 25.0 Å². The van der Waals surface area contributed by atoms with Gasteiger partial charge in [0.1, 0.15) is 0 Å². The van der Waals surface area contributed by atoms with Crippen LogP contribution in [0, 0.1) is 5.92 Å². The lowest BCUT2D eigenvalue weighted by molar-refractivity contribution is 0.0698. The molecule has 1 fully saturated rings. The molecular formula is C19H32IN3O2. The standard InChI is InChI=1S/C19H31N3O2.HI/c1-3-20-19(21-10-7-11-24-13-12-23-2)22-15-17-14-18(17)16-8-5-4-6-9-16;/h4-6,8-9,17-18H,3,7,10-15H2,1-2H3,(H2,20,21,22);1H. The lowest BCUT2D eigenvalue weighted by Gasteiger charge is -2.11. The number of benzene rings is 1. The molecule has 6 heteroatoms. The summed E-state index contributed by atoms with van der Waals surface area (Å²) in [7, 11) is 1.69. The molecule has 1 saturated carbocycles. The van der Waals surface area contributed by atoms with Crippen LogP contribution in [0.1, 0.15) is 31.2 Å². The molecule has 1 aromatic rings. The quantitative estimate of drug-likeness (QED) is 0.230.